The first-order valence-electron chi connectivity index (χ1n) is 8.11. The second kappa shape index (κ2) is 7.20. The number of furan rings is 1. The molecule has 0 saturated carbocycles. The summed E-state index contributed by atoms with van der Waals surface area (Å²) in [5, 5.41) is 11.1. The lowest BCUT2D eigenvalue weighted by molar-refractivity contribution is -0.122. The second-order valence-electron chi connectivity index (χ2n) is 5.84. The smallest absolute Gasteiger partial charge is 0.293 e. The Morgan fingerprint density at radius 1 is 1.22 bits per heavy atom. The van der Waals surface area contributed by atoms with Crippen LogP contribution >= 0.6 is 15.9 Å². The van der Waals surface area contributed by atoms with Crippen molar-refractivity contribution >= 4 is 27.4 Å². The van der Waals surface area contributed by atoms with Crippen LogP contribution in [-0.2, 0) is 17.9 Å². The van der Waals surface area contributed by atoms with Crippen molar-refractivity contribution in [2.45, 2.75) is 13.1 Å². The molecule has 4 aromatic rings. The number of halogens is 1. The Kier molecular flexibility index (Phi) is 4.59. The largest absolute Gasteiger partial charge is 0.463 e. The number of nitrogens with zero attached hydrogens (tertiary/aromatic N) is 4. The van der Waals surface area contributed by atoms with E-state index in [2.05, 4.69) is 31.4 Å². The van der Waals surface area contributed by atoms with Gasteiger partial charge in [-0.1, -0.05) is 28.1 Å². The van der Waals surface area contributed by atoms with Crippen molar-refractivity contribution in [2.24, 2.45) is 0 Å². The van der Waals surface area contributed by atoms with Gasteiger partial charge < -0.3 is 9.73 Å². The van der Waals surface area contributed by atoms with E-state index in [1.54, 1.807) is 18.2 Å². The number of benzene rings is 1. The summed E-state index contributed by atoms with van der Waals surface area (Å²) < 4.78 is 8.71. The van der Waals surface area contributed by atoms with Crippen molar-refractivity contribution in [3.8, 4) is 11.5 Å². The van der Waals surface area contributed by atoms with E-state index < -0.39 is 5.56 Å². The molecule has 3 aromatic heterocycles. The molecule has 0 fully saturated rings. The van der Waals surface area contributed by atoms with E-state index in [1.807, 2.05) is 24.3 Å². The minimum Gasteiger partial charge on any atom is -0.463 e. The summed E-state index contributed by atoms with van der Waals surface area (Å²) >= 11 is 3.39. The molecule has 1 aromatic carbocycles. The molecule has 0 aliphatic carbocycles. The van der Waals surface area contributed by atoms with Crippen molar-refractivity contribution in [3.63, 3.8) is 0 Å². The molecule has 8 nitrogen and oxygen atoms in total. The van der Waals surface area contributed by atoms with Crippen LogP contribution in [0, 0.1) is 0 Å². The molecule has 4 rings (SSSR count). The molecule has 1 N–H and O–H groups in total. The van der Waals surface area contributed by atoms with Gasteiger partial charge >= 0.3 is 0 Å². The predicted octanol–water partition coefficient (Wildman–Crippen LogP) is 2.23. The van der Waals surface area contributed by atoms with Crippen LogP contribution in [0.5, 0.6) is 0 Å². The van der Waals surface area contributed by atoms with Gasteiger partial charge in [-0.05, 0) is 29.8 Å². The lowest BCUT2D eigenvalue weighted by Gasteiger charge is -2.07. The number of hydrogen-bond acceptors (Lipinski definition) is 5. The van der Waals surface area contributed by atoms with Crippen molar-refractivity contribution in [2.75, 3.05) is 0 Å². The number of aromatic nitrogens is 4. The Morgan fingerprint density at radius 3 is 2.89 bits per heavy atom. The summed E-state index contributed by atoms with van der Waals surface area (Å²) in [4.78, 5) is 24.8. The first-order chi connectivity index (χ1) is 13.1. The molecule has 27 heavy (non-hydrogen) atoms. The highest BCUT2D eigenvalue weighted by Crippen LogP contribution is 2.18. The third-order valence-electron chi connectivity index (χ3n) is 3.94. The van der Waals surface area contributed by atoms with Gasteiger partial charge in [0, 0.05) is 17.1 Å². The average molecular weight is 428 g/mol. The van der Waals surface area contributed by atoms with Gasteiger partial charge in [-0.2, -0.15) is 10.2 Å². The summed E-state index contributed by atoms with van der Waals surface area (Å²) in [5.41, 5.74) is 1.39. The van der Waals surface area contributed by atoms with Gasteiger partial charge in [0.05, 0.1) is 6.26 Å². The summed E-state index contributed by atoms with van der Waals surface area (Å²) in [6.45, 7) is 0.190. The molecule has 0 spiro atoms. The standard InChI is InChI=1S/C18H14BrN5O3/c19-13-4-1-3-12(7-13)9-20-17(25)10-23-18(26)15-8-14(16-5-2-6-27-16)22-24(15)11-21-23/h1-8,11H,9-10H2,(H,20,25). The molecule has 0 radical (unpaired) electrons. The van der Waals surface area contributed by atoms with Crippen LogP contribution in [-0.4, -0.2) is 25.3 Å². The highest BCUT2D eigenvalue weighted by molar-refractivity contribution is 9.10. The minimum absolute atomic E-state index is 0.176. The van der Waals surface area contributed by atoms with Crippen molar-refractivity contribution in [1.29, 1.82) is 0 Å². The molecule has 9 heteroatoms. The zero-order chi connectivity index (χ0) is 18.8. The quantitative estimate of drug-likeness (QED) is 0.526. The zero-order valence-electron chi connectivity index (χ0n) is 14.0. The summed E-state index contributed by atoms with van der Waals surface area (Å²) in [5.74, 6) is 0.246. The van der Waals surface area contributed by atoms with Gasteiger partial charge in [0.1, 0.15) is 24.1 Å². The van der Waals surface area contributed by atoms with Crippen LogP contribution < -0.4 is 10.9 Å². The Labute approximate surface area is 161 Å². The number of fused-ring (bicyclic) bond motifs is 1. The summed E-state index contributed by atoms with van der Waals surface area (Å²) in [6.07, 6.45) is 2.93. The van der Waals surface area contributed by atoms with E-state index in [9.17, 15) is 9.59 Å². The Balaban J connectivity index is 1.51. The van der Waals surface area contributed by atoms with Crippen LogP contribution in [0.25, 0.3) is 17.0 Å². The third kappa shape index (κ3) is 3.68. The molecule has 3 heterocycles. The molecule has 0 saturated heterocycles. The maximum Gasteiger partial charge on any atom is 0.293 e. The molecule has 136 valence electrons. The number of nitrogens with one attached hydrogen (secondary N) is 1. The fourth-order valence-electron chi connectivity index (χ4n) is 2.63. The van der Waals surface area contributed by atoms with Crippen LogP contribution in [0.15, 0.2) is 68.7 Å². The molecule has 0 atom stereocenters. The Bertz CT molecular complexity index is 1160. The van der Waals surface area contributed by atoms with Gasteiger partial charge in [0.2, 0.25) is 5.91 Å². The topological polar surface area (TPSA) is 94.4 Å². The number of hydrogen-bond donors (Lipinski definition) is 1. The number of carbonyl (C=O) groups excluding carboxylic acids is 1. The van der Waals surface area contributed by atoms with Gasteiger partial charge in [0.15, 0.2) is 5.76 Å². The first kappa shape index (κ1) is 17.2. The van der Waals surface area contributed by atoms with E-state index in [0.717, 1.165) is 14.7 Å². The normalized spacial score (nSPS) is 11.0. The summed E-state index contributed by atoms with van der Waals surface area (Å²) in [6, 6.07) is 12.7. The van der Waals surface area contributed by atoms with Crippen LogP contribution in [0.4, 0.5) is 0 Å². The molecular weight excluding hydrogens is 414 g/mol. The lowest BCUT2D eigenvalue weighted by atomic mass is 10.2. The van der Waals surface area contributed by atoms with E-state index >= 15 is 0 Å². The molecule has 0 aliphatic rings. The maximum atomic E-state index is 12.6. The van der Waals surface area contributed by atoms with Crippen molar-refractivity contribution in [3.05, 3.63) is 75.4 Å². The number of amides is 1. The van der Waals surface area contributed by atoms with Gasteiger partial charge in [0.25, 0.3) is 5.56 Å². The maximum absolute atomic E-state index is 12.6. The van der Waals surface area contributed by atoms with Crippen LogP contribution in [0.2, 0.25) is 0 Å². The van der Waals surface area contributed by atoms with Crippen LogP contribution in [0.3, 0.4) is 0 Å². The highest BCUT2D eigenvalue weighted by Gasteiger charge is 2.13. The monoisotopic (exact) mass is 427 g/mol. The lowest BCUT2D eigenvalue weighted by Crippen LogP contribution is -2.34. The predicted molar refractivity (Wildman–Crippen MR) is 101 cm³/mol. The minimum atomic E-state index is -0.402. The van der Waals surface area contributed by atoms with E-state index in [1.165, 1.54) is 17.1 Å². The fourth-order valence-corrected chi connectivity index (χ4v) is 3.08. The molecule has 0 bridgehead atoms. The SMILES string of the molecule is O=C(Cn1ncn2nc(-c3ccco3)cc2c1=O)NCc1cccc(Br)c1. The third-order valence-corrected chi connectivity index (χ3v) is 4.43. The Hall–Kier alpha value is -3.20. The summed E-state index contributed by atoms with van der Waals surface area (Å²) in [7, 11) is 0. The Morgan fingerprint density at radius 2 is 2.11 bits per heavy atom. The van der Waals surface area contributed by atoms with E-state index in [-0.39, 0.29) is 12.5 Å². The fraction of sp³-hybridized carbons (Fsp3) is 0.111. The van der Waals surface area contributed by atoms with E-state index in [0.29, 0.717) is 23.5 Å². The van der Waals surface area contributed by atoms with Crippen molar-refractivity contribution in [1.82, 2.24) is 24.7 Å². The molecule has 0 aliphatic heterocycles. The molecule has 1 amide bonds. The molecular formula is C18H14BrN5O3. The number of rotatable bonds is 5. The average Bonchev–Trinajstić information content (AvgIpc) is 3.32. The number of carbonyl (C=O) groups is 1. The van der Waals surface area contributed by atoms with Gasteiger partial charge in [-0.3, -0.25) is 9.59 Å². The first-order valence-corrected chi connectivity index (χ1v) is 8.90. The molecule has 0 unspecified atom stereocenters. The van der Waals surface area contributed by atoms with Crippen molar-refractivity contribution < 1.29 is 9.21 Å². The zero-order valence-corrected chi connectivity index (χ0v) is 15.6. The van der Waals surface area contributed by atoms with Crippen LogP contribution in [0.1, 0.15) is 5.56 Å². The second-order valence-corrected chi connectivity index (χ2v) is 6.75. The highest BCUT2D eigenvalue weighted by atomic mass is 79.9. The van der Waals surface area contributed by atoms with E-state index in [4.69, 9.17) is 4.42 Å². The van der Waals surface area contributed by atoms with Gasteiger partial charge in [-0.15, -0.1) is 0 Å². The van der Waals surface area contributed by atoms with Gasteiger partial charge in [-0.25, -0.2) is 9.20 Å².